The summed E-state index contributed by atoms with van der Waals surface area (Å²) in [5.74, 6) is 0.0698. The van der Waals surface area contributed by atoms with Crippen LogP contribution < -0.4 is 9.62 Å². The van der Waals surface area contributed by atoms with Crippen molar-refractivity contribution in [2.75, 3.05) is 18.0 Å². The van der Waals surface area contributed by atoms with Gasteiger partial charge in [0, 0.05) is 30.6 Å². The fourth-order valence-corrected chi connectivity index (χ4v) is 3.79. The average molecular weight is 322 g/mol. The number of anilines is 1. The van der Waals surface area contributed by atoms with Crippen LogP contribution >= 0.6 is 0 Å². The Morgan fingerprint density at radius 2 is 2.09 bits per heavy atom. The number of rotatable bonds is 5. The lowest BCUT2D eigenvalue weighted by Gasteiger charge is -2.38. The van der Waals surface area contributed by atoms with Crippen molar-refractivity contribution < 1.29 is 13.2 Å². The predicted octanol–water partition coefficient (Wildman–Crippen LogP) is 2.19. The first kappa shape index (κ1) is 16.7. The molecule has 0 unspecified atom stereocenters. The normalized spacial score (nSPS) is 17.2. The van der Waals surface area contributed by atoms with Crippen LogP contribution in [0.25, 0.3) is 0 Å². The molecule has 1 aliphatic rings. The Morgan fingerprint density at radius 1 is 1.41 bits per heavy atom. The molecular weight excluding hydrogens is 300 g/mol. The van der Waals surface area contributed by atoms with E-state index >= 15 is 0 Å². The zero-order valence-corrected chi connectivity index (χ0v) is 14.0. The molecule has 2 rings (SSSR count). The summed E-state index contributed by atoms with van der Waals surface area (Å²) in [6.45, 7) is 10.1. The van der Waals surface area contributed by atoms with Crippen LogP contribution in [0.3, 0.4) is 0 Å². The van der Waals surface area contributed by atoms with Crippen molar-refractivity contribution in [1.82, 2.24) is 4.72 Å². The Hall–Kier alpha value is -1.66. The van der Waals surface area contributed by atoms with E-state index in [1.54, 1.807) is 23.1 Å². The SMILES string of the molecule is C=CCNS(=O)(=O)c1ccc2c(c1)C(C)(C)CC(=O)N2CC. The fraction of sp³-hybridized carbons (Fsp3) is 0.438. The van der Waals surface area contributed by atoms with Gasteiger partial charge in [-0.25, -0.2) is 13.1 Å². The first-order chi connectivity index (χ1) is 10.2. The molecule has 1 aliphatic heterocycles. The molecule has 0 fully saturated rings. The van der Waals surface area contributed by atoms with E-state index < -0.39 is 10.0 Å². The van der Waals surface area contributed by atoms with Crippen LogP contribution in [-0.4, -0.2) is 27.4 Å². The van der Waals surface area contributed by atoms with Gasteiger partial charge in [0.05, 0.1) is 4.90 Å². The number of fused-ring (bicyclic) bond motifs is 1. The van der Waals surface area contributed by atoms with Crippen molar-refractivity contribution in [2.24, 2.45) is 0 Å². The molecule has 0 atom stereocenters. The van der Waals surface area contributed by atoms with Crippen LogP contribution in [-0.2, 0) is 20.2 Å². The van der Waals surface area contributed by atoms with Gasteiger partial charge in [0.1, 0.15) is 0 Å². The lowest BCUT2D eigenvalue weighted by Crippen LogP contribution is -2.42. The number of sulfonamides is 1. The standard InChI is InChI=1S/C16H22N2O3S/c1-5-9-17-22(20,21)12-7-8-14-13(10-12)16(3,4)11-15(19)18(14)6-2/h5,7-8,10,17H,1,6,9,11H2,2-4H3. The number of nitrogens with zero attached hydrogens (tertiary/aromatic N) is 1. The Kier molecular flexibility index (Phi) is 4.44. The molecule has 1 amide bonds. The van der Waals surface area contributed by atoms with E-state index in [0.717, 1.165) is 11.3 Å². The van der Waals surface area contributed by atoms with Crippen LogP contribution in [0.15, 0.2) is 35.7 Å². The summed E-state index contributed by atoms with van der Waals surface area (Å²) in [4.78, 5) is 14.1. The van der Waals surface area contributed by atoms with Crippen LogP contribution in [0.4, 0.5) is 5.69 Å². The predicted molar refractivity (Wildman–Crippen MR) is 87.5 cm³/mol. The van der Waals surface area contributed by atoms with Crippen molar-refractivity contribution in [3.63, 3.8) is 0 Å². The van der Waals surface area contributed by atoms with Gasteiger partial charge in [-0.05, 0) is 30.7 Å². The number of carbonyl (C=O) groups excluding carboxylic acids is 1. The van der Waals surface area contributed by atoms with Crippen molar-refractivity contribution >= 4 is 21.6 Å². The second kappa shape index (κ2) is 5.85. The molecule has 1 aromatic rings. The van der Waals surface area contributed by atoms with E-state index in [9.17, 15) is 13.2 Å². The molecule has 0 saturated carbocycles. The van der Waals surface area contributed by atoms with E-state index in [4.69, 9.17) is 0 Å². The second-order valence-corrected chi connectivity index (χ2v) is 7.79. The Bertz CT molecular complexity index is 708. The lowest BCUT2D eigenvalue weighted by molar-refractivity contribution is -0.120. The summed E-state index contributed by atoms with van der Waals surface area (Å²) < 4.78 is 27.0. The Balaban J connectivity index is 2.54. The molecule has 1 heterocycles. The third-order valence-electron chi connectivity index (χ3n) is 3.93. The Morgan fingerprint density at radius 3 is 2.68 bits per heavy atom. The molecule has 120 valence electrons. The number of nitrogens with one attached hydrogen (secondary N) is 1. The van der Waals surface area contributed by atoms with Gasteiger partial charge in [-0.2, -0.15) is 0 Å². The molecule has 0 spiro atoms. The quantitative estimate of drug-likeness (QED) is 0.845. The van der Waals surface area contributed by atoms with Crippen LogP contribution in [0.5, 0.6) is 0 Å². The molecule has 1 N–H and O–H groups in total. The van der Waals surface area contributed by atoms with E-state index in [1.165, 1.54) is 6.08 Å². The molecular formula is C16H22N2O3S. The summed E-state index contributed by atoms with van der Waals surface area (Å²) in [6.07, 6.45) is 1.87. The number of carbonyl (C=O) groups is 1. The summed E-state index contributed by atoms with van der Waals surface area (Å²) >= 11 is 0. The molecule has 0 bridgehead atoms. The summed E-state index contributed by atoms with van der Waals surface area (Å²) in [6, 6.07) is 4.94. The molecule has 1 aromatic carbocycles. The Labute approximate surface area is 132 Å². The van der Waals surface area contributed by atoms with Crippen LogP contribution in [0.1, 0.15) is 32.8 Å². The zero-order chi connectivity index (χ0) is 16.5. The summed E-state index contributed by atoms with van der Waals surface area (Å²) in [7, 11) is -3.57. The smallest absolute Gasteiger partial charge is 0.240 e. The monoisotopic (exact) mass is 322 g/mol. The molecule has 5 nitrogen and oxygen atoms in total. The minimum atomic E-state index is -3.57. The van der Waals surface area contributed by atoms with E-state index in [-0.39, 0.29) is 22.8 Å². The van der Waals surface area contributed by atoms with Gasteiger partial charge in [-0.15, -0.1) is 6.58 Å². The largest absolute Gasteiger partial charge is 0.312 e. The van der Waals surface area contributed by atoms with E-state index in [2.05, 4.69) is 11.3 Å². The van der Waals surface area contributed by atoms with E-state index in [0.29, 0.717) is 13.0 Å². The number of amides is 1. The van der Waals surface area contributed by atoms with Gasteiger partial charge in [0.2, 0.25) is 15.9 Å². The summed E-state index contributed by atoms with van der Waals surface area (Å²) in [5, 5.41) is 0. The zero-order valence-electron chi connectivity index (χ0n) is 13.2. The lowest BCUT2D eigenvalue weighted by atomic mass is 9.77. The van der Waals surface area contributed by atoms with Crippen molar-refractivity contribution in [2.45, 2.75) is 37.5 Å². The maximum absolute atomic E-state index is 12.3. The fourth-order valence-electron chi connectivity index (χ4n) is 2.76. The highest BCUT2D eigenvalue weighted by Gasteiger charge is 2.36. The van der Waals surface area contributed by atoms with Gasteiger partial charge < -0.3 is 4.90 Å². The molecule has 0 radical (unpaired) electrons. The van der Waals surface area contributed by atoms with E-state index in [1.807, 2.05) is 20.8 Å². The van der Waals surface area contributed by atoms with Gasteiger partial charge in [0.15, 0.2) is 0 Å². The van der Waals surface area contributed by atoms with Gasteiger partial charge in [-0.3, -0.25) is 4.79 Å². The topological polar surface area (TPSA) is 66.5 Å². The third-order valence-corrected chi connectivity index (χ3v) is 5.35. The molecule has 22 heavy (non-hydrogen) atoms. The minimum Gasteiger partial charge on any atom is -0.312 e. The van der Waals surface area contributed by atoms with Crippen LogP contribution in [0.2, 0.25) is 0 Å². The van der Waals surface area contributed by atoms with Crippen LogP contribution in [0, 0.1) is 0 Å². The number of hydrogen-bond acceptors (Lipinski definition) is 3. The summed E-state index contributed by atoms with van der Waals surface area (Å²) in [5.41, 5.74) is 1.30. The number of benzene rings is 1. The van der Waals surface area contributed by atoms with Gasteiger partial charge >= 0.3 is 0 Å². The van der Waals surface area contributed by atoms with Crippen molar-refractivity contribution in [3.05, 3.63) is 36.4 Å². The minimum absolute atomic E-state index is 0.0698. The highest BCUT2D eigenvalue weighted by Crippen LogP contribution is 2.41. The van der Waals surface area contributed by atoms with Gasteiger partial charge in [0.25, 0.3) is 0 Å². The molecule has 0 aromatic heterocycles. The molecule has 0 aliphatic carbocycles. The van der Waals surface area contributed by atoms with Crippen molar-refractivity contribution in [3.8, 4) is 0 Å². The second-order valence-electron chi connectivity index (χ2n) is 6.02. The first-order valence-electron chi connectivity index (χ1n) is 7.28. The highest BCUT2D eigenvalue weighted by molar-refractivity contribution is 7.89. The maximum Gasteiger partial charge on any atom is 0.240 e. The first-order valence-corrected chi connectivity index (χ1v) is 8.76. The van der Waals surface area contributed by atoms with Crippen molar-refractivity contribution in [1.29, 1.82) is 0 Å². The van der Waals surface area contributed by atoms with Gasteiger partial charge in [-0.1, -0.05) is 19.9 Å². The average Bonchev–Trinajstić information content (AvgIpc) is 2.44. The number of hydrogen-bond donors (Lipinski definition) is 1. The third kappa shape index (κ3) is 2.94. The molecule has 6 heteroatoms. The molecule has 0 saturated heterocycles. The highest BCUT2D eigenvalue weighted by atomic mass is 32.2. The maximum atomic E-state index is 12.3.